The summed E-state index contributed by atoms with van der Waals surface area (Å²) < 4.78 is 49.7. The number of aromatic amines is 1. The van der Waals surface area contributed by atoms with Gasteiger partial charge in [-0.25, -0.2) is 13.8 Å². The number of carbonyl (C=O) groups is 1. The van der Waals surface area contributed by atoms with Crippen LogP contribution in [0.3, 0.4) is 0 Å². The first-order chi connectivity index (χ1) is 16.9. The molecule has 12 nitrogen and oxygen atoms in total. The first-order valence-electron chi connectivity index (χ1n) is 11.1. The van der Waals surface area contributed by atoms with Gasteiger partial charge in [0.05, 0.1) is 18.8 Å². The largest absolute Gasteiger partial charge is 0.462 e. The number of ether oxygens (including phenoxy) is 2. The lowest BCUT2D eigenvalue weighted by Crippen LogP contribution is -2.40. The summed E-state index contributed by atoms with van der Waals surface area (Å²) in [6, 6.07) is 7.90. The number of nitrogens with one attached hydrogen (secondary N) is 2. The zero-order valence-corrected chi connectivity index (χ0v) is 21.2. The van der Waals surface area contributed by atoms with Gasteiger partial charge in [-0.3, -0.25) is 23.7 Å². The van der Waals surface area contributed by atoms with Crippen LogP contribution in [0.4, 0.5) is 4.39 Å². The fraction of sp³-hybridized carbons (Fsp3) is 0.500. The van der Waals surface area contributed by atoms with Crippen molar-refractivity contribution >= 4 is 13.7 Å². The van der Waals surface area contributed by atoms with Crippen molar-refractivity contribution in [2.45, 2.75) is 58.3 Å². The van der Waals surface area contributed by atoms with Crippen LogP contribution in [-0.2, 0) is 23.4 Å². The van der Waals surface area contributed by atoms with Crippen LogP contribution in [0.15, 0.2) is 52.2 Å². The Hall–Kier alpha value is -2.83. The van der Waals surface area contributed by atoms with Crippen molar-refractivity contribution in [2.75, 3.05) is 13.3 Å². The molecule has 0 aliphatic carbocycles. The van der Waals surface area contributed by atoms with E-state index in [1.54, 1.807) is 32.0 Å². The Bertz CT molecular complexity index is 1140. The Balaban J connectivity index is 2.23. The lowest BCUT2D eigenvalue weighted by molar-refractivity contribution is -0.149. The van der Waals surface area contributed by atoms with Crippen LogP contribution < -0.4 is 20.9 Å². The maximum absolute atomic E-state index is 13.7. The van der Waals surface area contributed by atoms with Gasteiger partial charge in [0, 0.05) is 12.3 Å². The second-order valence-electron chi connectivity index (χ2n) is 8.08. The van der Waals surface area contributed by atoms with Gasteiger partial charge in [0.2, 0.25) is 0 Å². The highest BCUT2D eigenvalue weighted by Crippen LogP contribution is 2.45. The summed E-state index contributed by atoms with van der Waals surface area (Å²) in [6.07, 6.45) is -3.47. The van der Waals surface area contributed by atoms with Crippen LogP contribution in [0.2, 0.25) is 0 Å². The molecule has 36 heavy (non-hydrogen) atoms. The normalized spacial score (nSPS) is 16.5. The zero-order valence-electron chi connectivity index (χ0n) is 20.3. The van der Waals surface area contributed by atoms with Crippen molar-refractivity contribution in [3.8, 4) is 5.75 Å². The number of hydrogen-bond donors (Lipinski definition) is 3. The zero-order chi connectivity index (χ0) is 26.9. The van der Waals surface area contributed by atoms with Crippen LogP contribution in [0.5, 0.6) is 5.75 Å². The molecule has 0 radical (unpaired) electrons. The first kappa shape index (κ1) is 29.4. The summed E-state index contributed by atoms with van der Waals surface area (Å²) in [5, 5.41) is 12.7. The third kappa shape index (κ3) is 8.99. The monoisotopic (exact) mass is 531 g/mol. The number of alkyl halides is 1. The molecule has 3 N–H and O–H groups in total. The molecule has 14 heteroatoms. The van der Waals surface area contributed by atoms with Crippen LogP contribution in [0.25, 0.3) is 0 Å². The molecule has 200 valence electrons. The summed E-state index contributed by atoms with van der Waals surface area (Å²) >= 11 is 0. The molecule has 5 atom stereocenters. The number of benzene rings is 1. The highest BCUT2D eigenvalue weighted by Gasteiger charge is 2.35. The van der Waals surface area contributed by atoms with Crippen LogP contribution in [0.1, 0.15) is 33.9 Å². The number of H-pyrrole nitrogens is 1. The maximum atomic E-state index is 13.7. The highest BCUT2D eigenvalue weighted by atomic mass is 31.2. The fourth-order valence-corrected chi connectivity index (χ4v) is 4.33. The Morgan fingerprint density at radius 3 is 2.39 bits per heavy atom. The van der Waals surface area contributed by atoms with E-state index in [0.29, 0.717) is 0 Å². The number of aromatic nitrogens is 2. The number of nitrogens with zero attached hydrogens (tertiary/aromatic N) is 1. The molecular formula is C22H31FN3O9P. The SMILES string of the molecule is CC(C)OC(=O)[C@H](C)NP(=O)(OCC(OC(CF)n1ccc(=O)[nH]c1=O)[C@H](C)O)Oc1ccccc1. The number of halogens is 1. The minimum atomic E-state index is -4.28. The van der Waals surface area contributed by atoms with Crippen molar-refractivity contribution in [3.05, 3.63) is 63.4 Å². The molecular weight excluding hydrogens is 500 g/mol. The summed E-state index contributed by atoms with van der Waals surface area (Å²) in [5.41, 5.74) is -1.60. The van der Waals surface area contributed by atoms with Crippen LogP contribution in [0, 0.1) is 0 Å². The van der Waals surface area contributed by atoms with E-state index in [1.807, 2.05) is 4.98 Å². The van der Waals surface area contributed by atoms with Gasteiger partial charge >= 0.3 is 19.4 Å². The van der Waals surface area contributed by atoms with Crippen molar-refractivity contribution in [2.24, 2.45) is 0 Å². The van der Waals surface area contributed by atoms with E-state index in [-0.39, 0.29) is 5.75 Å². The van der Waals surface area contributed by atoms with Gasteiger partial charge in [0.15, 0.2) is 6.23 Å². The van der Waals surface area contributed by atoms with E-state index in [2.05, 4.69) is 5.09 Å². The van der Waals surface area contributed by atoms with Gasteiger partial charge in [-0.1, -0.05) is 18.2 Å². The fourth-order valence-electron chi connectivity index (χ4n) is 2.83. The smallest absolute Gasteiger partial charge is 0.459 e. The average molecular weight is 531 g/mol. The molecule has 0 amide bonds. The Morgan fingerprint density at radius 1 is 1.17 bits per heavy atom. The molecule has 0 fully saturated rings. The Kier molecular flexibility index (Phi) is 11.0. The van der Waals surface area contributed by atoms with Crippen molar-refractivity contribution in [1.29, 1.82) is 0 Å². The minimum Gasteiger partial charge on any atom is -0.462 e. The molecule has 0 saturated carbocycles. The number of rotatable bonds is 14. The van der Waals surface area contributed by atoms with Gasteiger partial charge in [0.1, 0.15) is 24.6 Å². The molecule has 1 heterocycles. The number of esters is 1. The molecule has 3 unspecified atom stereocenters. The average Bonchev–Trinajstić information content (AvgIpc) is 2.79. The summed E-state index contributed by atoms with van der Waals surface area (Å²) in [5.74, 6) is -0.544. The lowest BCUT2D eigenvalue weighted by atomic mass is 10.2. The second kappa shape index (κ2) is 13.5. The second-order valence-corrected chi connectivity index (χ2v) is 9.77. The van der Waals surface area contributed by atoms with Gasteiger partial charge in [-0.15, -0.1) is 0 Å². The van der Waals surface area contributed by atoms with Crippen LogP contribution in [-0.4, -0.2) is 58.3 Å². The van der Waals surface area contributed by atoms with E-state index in [4.69, 9.17) is 18.5 Å². The van der Waals surface area contributed by atoms with Gasteiger partial charge in [0.25, 0.3) is 5.56 Å². The summed E-state index contributed by atoms with van der Waals surface area (Å²) in [7, 11) is -4.28. The molecule has 2 aromatic rings. The Labute approximate surface area is 206 Å². The number of aliphatic hydroxyl groups is 1. The molecule has 1 aromatic heterocycles. The molecule has 0 aliphatic rings. The third-order valence-corrected chi connectivity index (χ3v) is 6.24. The van der Waals surface area contributed by atoms with Crippen molar-refractivity contribution in [1.82, 2.24) is 14.6 Å². The van der Waals surface area contributed by atoms with E-state index >= 15 is 0 Å². The summed E-state index contributed by atoms with van der Waals surface area (Å²) in [6.45, 7) is 4.25. The van der Waals surface area contributed by atoms with Gasteiger partial charge < -0.3 is 19.1 Å². The van der Waals surface area contributed by atoms with Crippen molar-refractivity contribution < 1.29 is 37.4 Å². The van der Waals surface area contributed by atoms with Gasteiger partial charge in [-0.05, 0) is 39.8 Å². The molecule has 1 aromatic carbocycles. The summed E-state index contributed by atoms with van der Waals surface area (Å²) in [4.78, 5) is 37.5. The molecule has 0 bridgehead atoms. The van der Waals surface area contributed by atoms with Crippen molar-refractivity contribution in [3.63, 3.8) is 0 Å². The molecule has 2 rings (SSSR count). The number of para-hydroxylation sites is 1. The van der Waals surface area contributed by atoms with Crippen LogP contribution >= 0.6 is 7.75 Å². The molecule has 0 saturated heterocycles. The number of carbonyl (C=O) groups excluding carboxylic acids is 1. The lowest BCUT2D eigenvalue weighted by Gasteiger charge is -2.28. The third-order valence-electron chi connectivity index (χ3n) is 4.60. The van der Waals surface area contributed by atoms with E-state index < -0.39 is 68.8 Å². The highest BCUT2D eigenvalue weighted by molar-refractivity contribution is 7.52. The predicted molar refractivity (Wildman–Crippen MR) is 127 cm³/mol. The molecule has 0 spiro atoms. The van der Waals surface area contributed by atoms with E-state index in [1.165, 1.54) is 26.0 Å². The maximum Gasteiger partial charge on any atom is 0.459 e. The number of hydrogen-bond acceptors (Lipinski definition) is 9. The Morgan fingerprint density at radius 2 is 1.83 bits per heavy atom. The minimum absolute atomic E-state index is 0.161. The van der Waals surface area contributed by atoms with E-state index in [0.717, 1.165) is 16.8 Å². The number of aliphatic hydroxyl groups excluding tert-OH is 1. The van der Waals surface area contributed by atoms with E-state index in [9.17, 15) is 28.4 Å². The topological polar surface area (TPSA) is 158 Å². The standard InChI is InChI=1S/C22H31FN3O9P/c1-14(2)33-21(29)15(3)25-36(31,35-17-8-6-5-7-9-17)32-13-18(16(4)27)34-20(12-23)26-11-10-19(28)24-22(26)30/h5-11,14-16,18,20,27H,12-13H2,1-4H3,(H,25,31)(H,24,28,30)/t15-,16-,18?,20?,36?/m0/s1. The predicted octanol–water partition coefficient (Wildman–Crippen LogP) is 1.90. The van der Waals surface area contributed by atoms with Gasteiger partial charge in [-0.2, -0.15) is 5.09 Å². The quantitative estimate of drug-likeness (QED) is 0.243. The molecule has 0 aliphatic heterocycles. The first-order valence-corrected chi connectivity index (χ1v) is 12.7.